The summed E-state index contributed by atoms with van der Waals surface area (Å²) in [6, 6.07) is 1.22. The third-order valence-electron chi connectivity index (χ3n) is 4.20. The molecule has 1 aromatic rings. The molecule has 18 heavy (non-hydrogen) atoms. The first-order valence-electron chi connectivity index (χ1n) is 6.99. The number of nitrogens with zero attached hydrogens (tertiary/aromatic N) is 3. The number of hydrogen-bond donors (Lipinski definition) is 0. The third kappa shape index (κ3) is 1.93. The zero-order valence-electron chi connectivity index (χ0n) is 11.2. The minimum atomic E-state index is 0.394. The Hall–Kier alpha value is -1.32. The molecule has 3 heterocycles. The molecule has 2 bridgehead atoms. The Labute approximate surface area is 108 Å². The zero-order valence-corrected chi connectivity index (χ0v) is 11.2. The molecule has 0 saturated carbocycles. The van der Waals surface area contributed by atoms with Crippen molar-refractivity contribution in [1.29, 1.82) is 0 Å². The van der Waals surface area contributed by atoms with Crippen molar-refractivity contribution in [3.05, 3.63) is 12.4 Å². The van der Waals surface area contributed by atoms with Gasteiger partial charge in [-0.2, -0.15) is 5.10 Å². The van der Waals surface area contributed by atoms with E-state index in [1.165, 1.54) is 12.1 Å². The minimum Gasteiger partial charge on any atom is -0.362 e. The maximum Gasteiger partial charge on any atom is 0.137 e. The number of ketones is 1. The number of carbonyl (C=O) groups is 1. The smallest absolute Gasteiger partial charge is 0.137 e. The Balaban J connectivity index is 1.88. The summed E-state index contributed by atoms with van der Waals surface area (Å²) in [7, 11) is 0. The molecule has 2 saturated heterocycles. The van der Waals surface area contributed by atoms with Gasteiger partial charge >= 0.3 is 0 Å². The van der Waals surface area contributed by atoms with Crippen molar-refractivity contribution in [3.63, 3.8) is 0 Å². The first kappa shape index (κ1) is 11.8. The Morgan fingerprint density at radius 2 is 1.94 bits per heavy atom. The van der Waals surface area contributed by atoms with Crippen molar-refractivity contribution in [1.82, 2.24) is 9.78 Å². The van der Waals surface area contributed by atoms with E-state index < -0.39 is 0 Å². The van der Waals surface area contributed by atoms with Crippen LogP contribution in [0.25, 0.3) is 0 Å². The largest absolute Gasteiger partial charge is 0.362 e. The molecule has 4 nitrogen and oxygen atoms in total. The lowest BCUT2D eigenvalue weighted by Crippen LogP contribution is -2.52. The summed E-state index contributed by atoms with van der Waals surface area (Å²) in [6.45, 7) is 4.27. The van der Waals surface area contributed by atoms with Crippen LogP contribution in [0.3, 0.4) is 0 Å². The fraction of sp³-hybridized carbons (Fsp3) is 0.714. The van der Waals surface area contributed by atoms with Crippen molar-refractivity contribution in [3.8, 4) is 0 Å². The Kier molecular flexibility index (Phi) is 2.88. The molecule has 98 valence electrons. The van der Waals surface area contributed by atoms with Crippen LogP contribution in [0.1, 0.15) is 52.0 Å². The van der Waals surface area contributed by atoms with Crippen molar-refractivity contribution in [2.75, 3.05) is 4.90 Å². The summed E-state index contributed by atoms with van der Waals surface area (Å²) < 4.78 is 2.00. The van der Waals surface area contributed by atoms with Crippen molar-refractivity contribution < 1.29 is 4.79 Å². The van der Waals surface area contributed by atoms with E-state index in [0.717, 1.165) is 25.7 Å². The van der Waals surface area contributed by atoms with Crippen LogP contribution >= 0.6 is 0 Å². The van der Waals surface area contributed by atoms with Gasteiger partial charge in [-0.3, -0.25) is 9.48 Å². The number of hydrogen-bond acceptors (Lipinski definition) is 3. The maximum absolute atomic E-state index is 11.7. The molecule has 0 aliphatic carbocycles. The molecule has 3 rings (SSSR count). The molecule has 2 atom stereocenters. The molecule has 2 aliphatic rings. The van der Waals surface area contributed by atoms with Crippen molar-refractivity contribution in [2.45, 2.75) is 64.1 Å². The average Bonchev–Trinajstić information content (AvgIpc) is 2.76. The van der Waals surface area contributed by atoms with Gasteiger partial charge in [0.05, 0.1) is 11.9 Å². The highest BCUT2D eigenvalue weighted by atomic mass is 16.1. The number of anilines is 1. The van der Waals surface area contributed by atoms with E-state index in [1.54, 1.807) is 0 Å². The molecule has 1 aromatic heterocycles. The molecular weight excluding hydrogens is 226 g/mol. The van der Waals surface area contributed by atoms with Crippen LogP contribution in [-0.2, 0) is 4.79 Å². The fourth-order valence-electron chi connectivity index (χ4n) is 3.34. The highest BCUT2D eigenvalue weighted by Crippen LogP contribution is 2.36. The van der Waals surface area contributed by atoms with Gasteiger partial charge in [0.15, 0.2) is 0 Å². The van der Waals surface area contributed by atoms with Crippen LogP contribution in [0, 0.1) is 0 Å². The summed E-state index contributed by atoms with van der Waals surface area (Å²) >= 11 is 0. The lowest BCUT2D eigenvalue weighted by Gasteiger charge is -2.46. The number of fused-ring (bicyclic) bond motifs is 2. The van der Waals surface area contributed by atoms with E-state index in [9.17, 15) is 4.79 Å². The predicted molar refractivity (Wildman–Crippen MR) is 70.8 cm³/mol. The molecular formula is C14H21N3O. The van der Waals surface area contributed by atoms with Gasteiger partial charge in [-0.1, -0.05) is 0 Å². The van der Waals surface area contributed by atoms with E-state index in [4.69, 9.17) is 0 Å². The number of Topliss-reactive ketones (excluding diaryl/α,β-unsaturated/α-hetero) is 1. The van der Waals surface area contributed by atoms with Gasteiger partial charge in [0.1, 0.15) is 5.78 Å². The quantitative estimate of drug-likeness (QED) is 0.806. The zero-order chi connectivity index (χ0) is 12.7. The molecule has 2 fully saturated rings. The first-order valence-corrected chi connectivity index (χ1v) is 6.99. The first-order chi connectivity index (χ1) is 8.65. The SMILES string of the molecule is CC(C)n1cc(N2C3CCCC2CC(=O)C3)cn1. The lowest BCUT2D eigenvalue weighted by atomic mass is 9.83. The van der Waals surface area contributed by atoms with E-state index in [2.05, 4.69) is 30.0 Å². The minimum absolute atomic E-state index is 0.394. The molecule has 0 spiro atoms. The Morgan fingerprint density at radius 1 is 1.28 bits per heavy atom. The van der Waals surface area contributed by atoms with Crippen molar-refractivity contribution in [2.24, 2.45) is 0 Å². The molecule has 0 aromatic carbocycles. The van der Waals surface area contributed by atoms with Gasteiger partial charge in [-0.25, -0.2) is 0 Å². The van der Waals surface area contributed by atoms with Gasteiger partial charge in [0.2, 0.25) is 0 Å². The van der Waals surface area contributed by atoms with Crippen LogP contribution in [0.15, 0.2) is 12.4 Å². The standard InChI is InChI=1S/C14H21N3O/c1-10(2)16-9-13(8-15-16)17-11-4-3-5-12(17)7-14(18)6-11/h8-12H,3-7H2,1-2H3. The second kappa shape index (κ2) is 4.41. The molecule has 0 radical (unpaired) electrons. The van der Waals surface area contributed by atoms with Gasteiger partial charge < -0.3 is 4.90 Å². The normalized spacial score (nSPS) is 27.9. The fourth-order valence-corrected chi connectivity index (χ4v) is 3.34. The Bertz CT molecular complexity index is 436. The number of carbonyl (C=O) groups excluding carboxylic acids is 1. The van der Waals surface area contributed by atoms with Gasteiger partial charge in [0, 0.05) is 37.2 Å². The van der Waals surface area contributed by atoms with Crippen molar-refractivity contribution >= 4 is 11.5 Å². The third-order valence-corrected chi connectivity index (χ3v) is 4.20. The van der Waals surface area contributed by atoms with Gasteiger partial charge in [-0.15, -0.1) is 0 Å². The monoisotopic (exact) mass is 247 g/mol. The summed E-state index contributed by atoms with van der Waals surface area (Å²) in [5.74, 6) is 0.442. The summed E-state index contributed by atoms with van der Waals surface area (Å²) in [6.07, 6.45) is 9.10. The van der Waals surface area contributed by atoms with Crippen LogP contribution < -0.4 is 4.90 Å². The average molecular weight is 247 g/mol. The lowest BCUT2D eigenvalue weighted by molar-refractivity contribution is -0.121. The van der Waals surface area contributed by atoms with E-state index in [1.807, 2.05) is 10.9 Å². The van der Waals surface area contributed by atoms with E-state index in [-0.39, 0.29) is 0 Å². The second-order valence-electron chi connectivity index (χ2n) is 5.87. The van der Waals surface area contributed by atoms with E-state index >= 15 is 0 Å². The molecule has 0 amide bonds. The van der Waals surface area contributed by atoms with Gasteiger partial charge in [0.25, 0.3) is 0 Å². The predicted octanol–water partition coefficient (Wildman–Crippen LogP) is 2.55. The summed E-state index contributed by atoms with van der Waals surface area (Å²) in [5.41, 5.74) is 1.20. The highest BCUT2D eigenvalue weighted by molar-refractivity contribution is 5.82. The Morgan fingerprint density at radius 3 is 2.50 bits per heavy atom. The topological polar surface area (TPSA) is 38.1 Å². The molecule has 0 N–H and O–H groups in total. The van der Waals surface area contributed by atoms with Crippen LogP contribution in [0.5, 0.6) is 0 Å². The van der Waals surface area contributed by atoms with Gasteiger partial charge in [-0.05, 0) is 33.1 Å². The molecule has 4 heteroatoms. The maximum atomic E-state index is 11.7. The molecule has 2 unspecified atom stereocenters. The summed E-state index contributed by atoms with van der Waals surface area (Å²) in [4.78, 5) is 14.2. The van der Waals surface area contributed by atoms with Crippen LogP contribution in [0.4, 0.5) is 5.69 Å². The number of aromatic nitrogens is 2. The van der Waals surface area contributed by atoms with Crippen LogP contribution in [-0.4, -0.2) is 27.6 Å². The van der Waals surface area contributed by atoms with E-state index in [0.29, 0.717) is 23.9 Å². The van der Waals surface area contributed by atoms with Crippen LogP contribution in [0.2, 0.25) is 0 Å². The number of rotatable bonds is 2. The molecule has 2 aliphatic heterocycles. The summed E-state index contributed by atoms with van der Waals surface area (Å²) in [5, 5.41) is 4.43. The second-order valence-corrected chi connectivity index (χ2v) is 5.87. The number of piperidine rings is 2. The highest BCUT2D eigenvalue weighted by Gasteiger charge is 2.38.